The molecule has 14 nitrogen and oxygen atoms in total. The normalized spacial score (nSPS) is 17.3. The van der Waals surface area contributed by atoms with Crippen LogP contribution < -0.4 is 0 Å². The van der Waals surface area contributed by atoms with Gasteiger partial charge in [-0.3, -0.25) is 14.1 Å². The second-order valence-electron chi connectivity index (χ2n) is 4.73. The Morgan fingerprint density at radius 2 is 1.23 bits per heavy atom. The topological polar surface area (TPSA) is 263 Å². The van der Waals surface area contributed by atoms with Gasteiger partial charge < -0.3 is 50.6 Å². The molecular weight excluding hydrogens is 387 g/mol. The van der Waals surface area contributed by atoms with E-state index in [1.54, 1.807) is 0 Å². The fourth-order valence-corrected chi connectivity index (χ4v) is 1.52. The monoisotopic (exact) mass is 410 g/mol. The summed E-state index contributed by atoms with van der Waals surface area (Å²) < 4.78 is 14.1. The van der Waals surface area contributed by atoms with E-state index in [0.717, 1.165) is 0 Å². The molecule has 5 atom stereocenters. The van der Waals surface area contributed by atoms with Crippen molar-refractivity contribution in [2.45, 2.75) is 30.5 Å². The number of aliphatic hydroxyl groups excluding tert-OH is 8. The Morgan fingerprint density at radius 3 is 1.58 bits per heavy atom. The molecule has 5 unspecified atom stereocenters. The Balaban J connectivity index is 0. The molecule has 0 saturated carbocycles. The van der Waals surface area contributed by atoms with E-state index >= 15 is 0 Å². The lowest BCUT2D eigenvalue weighted by Crippen LogP contribution is -2.45. The SMILES string of the molecule is O=C(CO)C(O)C(O)C(O)COP(=O)(O)O.O=C(CO)C(O)C(O)CO. The van der Waals surface area contributed by atoms with Crippen molar-refractivity contribution in [2.24, 2.45) is 0 Å². The van der Waals surface area contributed by atoms with E-state index in [-0.39, 0.29) is 0 Å². The number of ketones is 2. The molecule has 0 aliphatic heterocycles. The van der Waals surface area contributed by atoms with E-state index in [2.05, 4.69) is 4.52 Å². The summed E-state index contributed by atoms with van der Waals surface area (Å²) in [6, 6.07) is 0. The van der Waals surface area contributed by atoms with Crippen molar-refractivity contribution >= 4 is 19.4 Å². The molecule has 0 amide bonds. The lowest BCUT2D eigenvalue weighted by Gasteiger charge is -2.21. The van der Waals surface area contributed by atoms with Crippen molar-refractivity contribution in [3.8, 4) is 0 Å². The molecule has 0 spiro atoms. The second kappa shape index (κ2) is 13.3. The lowest BCUT2D eigenvalue weighted by atomic mass is 10.1. The molecule has 0 aliphatic rings. The molecule has 10 N–H and O–H groups in total. The maximum Gasteiger partial charge on any atom is 0.469 e. The van der Waals surface area contributed by atoms with Crippen LogP contribution in [0.3, 0.4) is 0 Å². The highest BCUT2D eigenvalue weighted by Gasteiger charge is 2.31. The summed E-state index contributed by atoms with van der Waals surface area (Å²) in [6.45, 7) is -3.54. The molecular formula is C11H23O14P. The smallest absolute Gasteiger partial charge is 0.394 e. The molecule has 0 rings (SSSR count). The zero-order valence-corrected chi connectivity index (χ0v) is 14.2. The zero-order valence-electron chi connectivity index (χ0n) is 13.3. The Bertz CT molecular complexity index is 464. The van der Waals surface area contributed by atoms with Crippen molar-refractivity contribution in [3.63, 3.8) is 0 Å². The number of hydrogen-bond acceptors (Lipinski definition) is 12. The van der Waals surface area contributed by atoms with Crippen LogP contribution in [0.25, 0.3) is 0 Å². The molecule has 0 aromatic rings. The first-order chi connectivity index (χ1) is 11.8. The van der Waals surface area contributed by atoms with Crippen LogP contribution in [0.4, 0.5) is 0 Å². The highest BCUT2D eigenvalue weighted by molar-refractivity contribution is 7.46. The quantitative estimate of drug-likeness (QED) is 0.142. The van der Waals surface area contributed by atoms with Crippen molar-refractivity contribution in [1.29, 1.82) is 0 Å². The van der Waals surface area contributed by atoms with Gasteiger partial charge in [-0.05, 0) is 0 Å². The van der Waals surface area contributed by atoms with Gasteiger partial charge in [-0.1, -0.05) is 0 Å². The number of carbonyl (C=O) groups is 2. The van der Waals surface area contributed by atoms with Gasteiger partial charge in [0.1, 0.15) is 43.7 Å². The molecule has 15 heteroatoms. The van der Waals surface area contributed by atoms with Gasteiger partial charge in [0.25, 0.3) is 0 Å². The van der Waals surface area contributed by atoms with E-state index < -0.39 is 76.3 Å². The van der Waals surface area contributed by atoms with Crippen LogP contribution in [0.1, 0.15) is 0 Å². The summed E-state index contributed by atoms with van der Waals surface area (Å²) in [7, 11) is -4.81. The van der Waals surface area contributed by atoms with Crippen molar-refractivity contribution in [2.75, 3.05) is 26.4 Å². The van der Waals surface area contributed by atoms with Crippen molar-refractivity contribution in [1.82, 2.24) is 0 Å². The summed E-state index contributed by atoms with van der Waals surface area (Å²) >= 11 is 0. The van der Waals surface area contributed by atoms with Gasteiger partial charge >= 0.3 is 7.82 Å². The van der Waals surface area contributed by atoms with Gasteiger partial charge in [0.2, 0.25) is 0 Å². The third-order valence-electron chi connectivity index (χ3n) is 2.65. The fourth-order valence-electron chi connectivity index (χ4n) is 1.17. The molecule has 0 saturated heterocycles. The van der Waals surface area contributed by atoms with Crippen molar-refractivity contribution < 1.29 is 69.3 Å². The van der Waals surface area contributed by atoms with E-state index in [9.17, 15) is 14.2 Å². The van der Waals surface area contributed by atoms with Crippen LogP contribution in [0.2, 0.25) is 0 Å². The number of hydrogen-bond donors (Lipinski definition) is 10. The van der Waals surface area contributed by atoms with Crippen LogP contribution in [-0.4, -0.2) is 119 Å². The Morgan fingerprint density at radius 1 is 0.808 bits per heavy atom. The van der Waals surface area contributed by atoms with Gasteiger partial charge in [0.05, 0.1) is 13.2 Å². The Kier molecular flexibility index (Phi) is 14.0. The standard InChI is InChI=1S/C6H13O9P.C5H10O5/c7-1-3(8)5(10)6(11)4(9)2-15-16(12,13)14;6-1-3(8)5(10)4(9)2-7/h4-7,9-11H,1-2H2,(H2,12,13,14);3,5-8,10H,1-2H2. The Hall–Kier alpha value is -0.870. The first-order valence-electron chi connectivity index (χ1n) is 6.80. The molecule has 0 aromatic heterocycles. The van der Waals surface area contributed by atoms with Gasteiger partial charge in [0.15, 0.2) is 11.6 Å². The number of phosphoric acid groups is 1. The number of rotatable bonds is 11. The van der Waals surface area contributed by atoms with Crippen LogP contribution in [-0.2, 0) is 18.7 Å². The predicted molar refractivity (Wildman–Crippen MR) is 79.3 cm³/mol. The zero-order chi connectivity index (χ0) is 21.1. The number of phosphoric ester groups is 1. The average molecular weight is 410 g/mol. The van der Waals surface area contributed by atoms with E-state index in [0.29, 0.717) is 0 Å². The van der Waals surface area contributed by atoms with Crippen LogP contribution in [0.5, 0.6) is 0 Å². The van der Waals surface area contributed by atoms with Crippen LogP contribution >= 0.6 is 7.82 Å². The third kappa shape index (κ3) is 11.7. The van der Waals surface area contributed by atoms with Gasteiger partial charge in [-0.2, -0.15) is 0 Å². The number of carbonyl (C=O) groups excluding carboxylic acids is 2. The van der Waals surface area contributed by atoms with Crippen molar-refractivity contribution in [3.05, 3.63) is 0 Å². The largest absolute Gasteiger partial charge is 0.469 e. The van der Waals surface area contributed by atoms with E-state index in [4.69, 9.17) is 50.6 Å². The summed E-state index contributed by atoms with van der Waals surface area (Å²) in [5, 5.41) is 69.2. The summed E-state index contributed by atoms with van der Waals surface area (Å²) in [4.78, 5) is 37.6. The molecule has 0 bridgehead atoms. The summed E-state index contributed by atoms with van der Waals surface area (Å²) in [5.41, 5.74) is 0. The number of aliphatic hydroxyl groups is 8. The predicted octanol–water partition coefficient (Wildman–Crippen LogP) is -6.00. The minimum Gasteiger partial charge on any atom is -0.394 e. The lowest BCUT2D eigenvalue weighted by molar-refractivity contribution is -0.142. The number of Topliss-reactive ketones (excluding diaryl/α,β-unsaturated/α-hetero) is 2. The highest BCUT2D eigenvalue weighted by atomic mass is 31.2. The molecule has 0 fully saturated rings. The van der Waals surface area contributed by atoms with Crippen LogP contribution in [0.15, 0.2) is 0 Å². The summed E-state index contributed by atoms with van der Waals surface area (Å²) in [5.74, 6) is -2.04. The van der Waals surface area contributed by atoms with E-state index in [1.807, 2.05) is 0 Å². The molecule has 0 radical (unpaired) electrons. The summed E-state index contributed by atoms with van der Waals surface area (Å²) in [6.07, 6.45) is -9.13. The van der Waals surface area contributed by atoms with Gasteiger partial charge in [0, 0.05) is 0 Å². The maximum absolute atomic E-state index is 10.7. The minimum absolute atomic E-state index is 0.701. The average Bonchev–Trinajstić information content (AvgIpc) is 2.61. The molecule has 156 valence electrons. The van der Waals surface area contributed by atoms with E-state index in [1.165, 1.54) is 0 Å². The highest BCUT2D eigenvalue weighted by Crippen LogP contribution is 2.35. The first-order valence-corrected chi connectivity index (χ1v) is 8.33. The minimum atomic E-state index is -4.81. The third-order valence-corrected chi connectivity index (χ3v) is 3.14. The molecule has 0 aliphatic carbocycles. The maximum atomic E-state index is 10.7. The Labute approximate surface area is 146 Å². The fraction of sp³-hybridized carbons (Fsp3) is 0.818. The first kappa shape index (κ1) is 27.3. The van der Waals surface area contributed by atoms with Gasteiger partial charge in [-0.15, -0.1) is 0 Å². The second-order valence-corrected chi connectivity index (χ2v) is 5.97. The van der Waals surface area contributed by atoms with Gasteiger partial charge in [-0.25, -0.2) is 4.57 Å². The molecule has 0 aromatic carbocycles. The molecule has 0 heterocycles. The van der Waals surface area contributed by atoms with Crippen LogP contribution in [0, 0.1) is 0 Å². The molecule has 26 heavy (non-hydrogen) atoms.